The Labute approximate surface area is 176 Å². The van der Waals surface area contributed by atoms with Gasteiger partial charge in [-0.2, -0.15) is 48.3 Å². The number of carbonyl (C=O) groups is 1. The number of hydrogen-bond donors (Lipinski definition) is 1. The van der Waals surface area contributed by atoms with Gasteiger partial charge >= 0.3 is 35.8 Å². The molecule has 3 nitrogen and oxygen atoms in total. The summed E-state index contributed by atoms with van der Waals surface area (Å²) in [5, 5.41) is 8.50. The van der Waals surface area contributed by atoms with Crippen LogP contribution in [-0.2, 0) is 9.53 Å². The number of hydrogen-bond acceptors (Lipinski definition) is 2. The Morgan fingerprint density at radius 3 is 1.56 bits per heavy atom. The summed E-state index contributed by atoms with van der Waals surface area (Å²) in [5.41, 5.74) is 0. The van der Waals surface area contributed by atoms with Crippen LogP contribution in [0.25, 0.3) is 0 Å². The van der Waals surface area contributed by atoms with E-state index in [0.717, 1.165) is 32.1 Å². The summed E-state index contributed by atoms with van der Waals surface area (Å²) in [6.07, 6.45) is -2.88. The third kappa shape index (κ3) is 6.87. The average Bonchev–Trinajstić information content (AvgIpc) is 2.63. The zero-order chi connectivity index (χ0) is 25.4. The fourth-order valence-electron chi connectivity index (χ4n) is 2.48. The summed E-state index contributed by atoms with van der Waals surface area (Å²) < 4.78 is 148. The second-order valence-corrected chi connectivity index (χ2v) is 6.97. The predicted octanol–water partition coefficient (Wildman–Crippen LogP) is 7.22. The van der Waals surface area contributed by atoms with Gasteiger partial charge in [-0.05, 0) is 6.42 Å². The molecule has 0 heterocycles. The van der Waals surface area contributed by atoms with E-state index in [1.54, 1.807) is 0 Å². The van der Waals surface area contributed by atoms with E-state index in [9.17, 15) is 53.1 Å². The highest BCUT2D eigenvalue weighted by atomic mass is 19.4. The van der Waals surface area contributed by atoms with Gasteiger partial charge in [0.05, 0.1) is 12.7 Å². The molecule has 0 aromatic carbocycles. The highest BCUT2D eigenvalue weighted by Gasteiger charge is 2.88. The summed E-state index contributed by atoms with van der Waals surface area (Å²) in [4.78, 5) is 10.6. The van der Waals surface area contributed by atoms with Crippen LogP contribution in [0.3, 0.4) is 0 Å². The third-order valence-electron chi connectivity index (χ3n) is 4.36. The van der Waals surface area contributed by atoms with Gasteiger partial charge in [0.1, 0.15) is 0 Å². The van der Waals surface area contributed by atoms with Gasteiger partial charge in [0.2, 0.25) is 0 Å². The molecule has 0 aliphatic carbocycles. The lowest BCUT2D eigenvalue weighted by atomic mass is 9.96. The number of carboxylic acids is 1. The minimum Gasteiger partial charge on any atom is -0.491 e. The lowest BCUT2D eigenvalue weighted by Crippen LogP contribution is -2.66. The van der Waals surface area contributed by atoms with E-state index in [0.29, 0.717) is 6.42 Å². The van der Waals surface area contributed by atoms with Crippen molar-refractivity contribution in [3.8, 4) is 0 Å². The lowest BCUT2D eigenvalue weighted by molar-refractivity contribution is -0.420. The highest BCUT2D eigenvalue weighted by molar-refractivity contribution is 5.80. The fraction of sp³-hybridized carbons (Fsp3) is 0.833. The predicted molar refractivity (Wildman–Crippen MR) is 90.1 cm³/mol. The van der Waals surface area contributed by atoms with Crippen LogP contribution in [0.2, 0.25) is 0 Å². The van der Waals surface area contributed by atoms with Crippen molar-refractivity contribution in [1.82, 2.24) is 0 Å². The molecule has 0 aromatic heterocycles. The van der Waals surface area contributed by atoms with Gasteiger partial charge in [0.15, 0.2) is 5.76 Å². The zero-order valence-electron chi connectivity index (χ0n) is 16.9. The molecular weight excluding hydrogens is 473 g/mol. The first-order valence-electron chi connectivity index (χ1n) is 9.53. The number of rotatable bonds is 15. The van der Waals surface area contributed by atoms with Crippen LogP contribution < -0.4 is 0 Å². The summed E-state index contributed by atoms with van der Waals surface area (Å²) in [5.74, 6) is -34.1. The first-order valence-corrected chi connectivity index (χ1v) is 9.53. The number of carboxylic acid groups (broad SMARTS) is 1. The molecule has 0 fully saturated rings. The SMILES string of the molecule is CCCCCCCCCCO/C(=C\C(=O)O)C(F)(F)C(F)(F)C(F)(F)C(F)(F)C(F)(F)F. The summed E-state index contributed by atoms with van der Waals surface area (Å²) in [7, 11) is 0. The van der Waals surface area contributed by atoms with Crippen LogP contribution in [0.5, 0.6) is 0 Å². The Morgan fingerprint density at radius 1 is 0.719 bits per heavy atom. The quantitative estimate of drug-likeness (QED) is 0.113. The molecule has 0 aromatic rings. The first kappa shape index (κ1) is 30.2. The van der Waals surface area contributed by atoms with Crippen LogP contribution >= 0.6 is 0 Å². The molecule has 0 unspecified atom stereocenters. The van der Waals surface area contributed by atoms with Crippen LogP contribution in [0.4, 0.5) is 48.3 Å². The Kier molecular flexibility index (Phi) is 10.8. The molecule has 1 N–H and O–H groups in total. The van der Waals surface area contributed by atoms with Gasteiger partial charge in [-0.25, -0.2) is 4.79 Å². The van der Waals surface area contributed by atoms with E-state index < -0.39 is 54.3 Å². The number of aliphatic carboxylic acids is 1. The number of unbranched alkanes of at least 4 members (excludes halogenated alkanes) is 7. The van der Waals surface area contributed by atoms with Crippen molar-refractivity contribution in [2.45, 2.75) is 88.2 Å². The molecule has 0 aliphatic rings. The topological polar surface area (TPSA) is 46.5 Å². The monoisotopic (exact) mass is 496 g/mol. The van der Waals surface area contributed by atoms with Gasteiger partial charge in [-0.15, -0.1) is 0 Å². The standard InChI is InChI=1S/C18H23F11O3/c1-2-3-4-5-6-7-8-9-10-32-12(11-13(30)31)14(19,20)15(21,22)16(23,24)17(25,26)18(27,28)29/h11H,2-10H2,1H3,(H,30,31)/b12-11-. The molecule has 0 saturated heterocycles. The van der Waals surface area contributed by atoms with Crippen LogP contribution in [0.15, 0.2) is 11.8 Å². The van der Waals surface area contributed by atoms with E-state index in [1.165, 1.54) is 0 Å². The molecule has 0 saturated carbocycles. The summed E-state index contributed by atoms with van der Waals surface area (Å²) in [6.45, 7) is 1.10. The van der Waals surface area contributed by atoms with Crippen molar-refractivity contribution in [2.24, 2.45) is 0 Å². The van der Waals surface area contributed by atoms with E-state index in [-0.39, 0.29) is 12.8 Å². The lowest BCUT2D eigenvalue weighted by Gasteiger charge is -2.37. The molecule has 0 amide bonds. The Balaban J connectivity index is 5.43. The number of ether oxygens (including phenoxy) is 1. The molecule has 0 bridgehead atoms. The van der Waals surface area contributed by atoms with Crippen molar-refractivity contribution in [2.75, 3.05) is 6.61 Å². The van der Waals surface area contributed by atoms with E-state index in [4.69, 9.17) is 5.11 Å². The van der Waals surface area contributed by atoms with E-state index >= 15 is 0 Å². The molecule has 190 valence electrons. The minimum atomic E-state index is -7.64. The summed E-state index contributed by atoms with van der Waals surface area (Å²) in [6, 6.07) is 0. The maximum absolute atomic E-state index is 14.0. The highest BCUT2D eigenvalue weighted by Crippen LogP contribution is 2.58. The van der Waals surface area contributed by atoms with Gasteiger partial charge in [0.25, 0.3) is 0 Å². The number of allylic oxidation sites excluding steroid dienone is 1. The van der Waals surface area contributed by atoms with Crippen molar-refractivity contribution in [3.05, 3.63) is 11.8 Å². The largest absolute Gasteiger partial charge is 0.491 e. The maximum atomic E-state index is 14.0. The smallest absolute Gasteiger partial charge is 0.460 e. The van der Waals surface area contributed by atoms with Crippen LogP contribution in [0, 0.1) is 0 Å². The van der Waals surface area contributed by atoms with Crippen LogP contribution in [-0.4, -0.2) is 47.5 Å². The molecule has 14 heteroatoms. The van der Waals surface area contributed by atoms with Gasteiger partial charge in [0, 0.05) is 0 Å². The molecule has 0 spiro atoms. The second kappa shape index (κ2) is 11.4. The molecule has 0 rings (SSSR count). The Bertz CT molecular complexity index is 628. The zero-order valence-corrected chi connectivity index (χ0v) is 16.9. The van der Waals surface area contributed by atoms with Crippen molar-refractivity contribution in [3.63, 3.8) is 0 Å². The van der Waals surface area contributed by atoms with Crippen molar-refractivity contribution < 1.29 is 62.9 Å². The number of halogens is 11. The van der Waals surface area contributed by atoms with Crippen molar-refractivity contribution >= 4 is 5.97 Å². The summed E-state index contributed by atoms with van der Waals surface area (Å²) >= 11 is 0. The second-order valence-electron chi connectivity index (χ2n) is 6.97. The number of alkyl halides is 11. The first-order chi connectivity index (χ1) is 14.4. The Hall–Kier alpha value is -1.76. The molecule has 0 radical (unpaired) electrons. The maximum Gasteiger partial charge on any atom is 0.460 e. The van der Waals surface area contributed by atoms with Gasteiger partial charge in [-0.1, -0.05) is 51.9 Å². The normalized spacial score (nSPS) is 14.6. The molecule has 32 heavy (non-hydrogen) atoms. The molecule has 0 atom stereocenters. The van der Waals surface area contributed by atoms with Gasteiger partial charge < -0.3 is 9.84 Å². The Morgan fingerprint density at radius 2 is 1.16 bits per heavy atom. The minimum absolute atomic E-state index is 0.124. The average molecular weight is 496 g/mol. The molecule has 0 aliphatic heterocycles. The third-order valence-corrected chi connectivity index (χ3v) is 4.36. The van der Waals surface area contributed by atoms with E-state index in [1.807, 2.05) is 6.92 Å². The van der Waals surface area contributed by atoms with Gasteiger partial charge in [-0.3, -0.25) is 0 Å². The van der Waals surface area contributed by atoms with E-state index in [2.05, 4.69) is 4.74 Å². The van der Waals surface area contributed by atoms with Crippen LogP contribution in [0.1, 0.15) is 58.3 Å². The molecular formula is C18H23F11O3. The van der Waals surface area contributed by atoms with Crippen molar-refractivity contribution in [1.29, 1.82) is 0 Å². The fourth-order valence-corrected chi connectivity index (χ4v) is 2.48.